The third kappa shape index (κ3) is 2.89. The standard InChI is InChI=1S/C14H16BrN3S/c15-14-11(3-1-5-17-14)13(12-4-2-10-19-12)18-8-6-16-7-9-18/h1-5,10,13,16H,6-9H2/t13-/m1/s1. The number of rotatable bonds is 3. The number of piperazine rings is 1. The molecule has 19 heavy (non-hydrogen) atoms. The zero-order valence-corrected chi connectivity index (χ0v) is 13.0. The maximum Gasteiger partial charge on any atom is 0.111 e. The molecule has 3 rings (SSSR count). The van der Waals surface area contributed by atoms with Gasteiger partial charge >= 0.3 is 0 Å². The fraction of sp³-hybridized carbons (Fsp3) is 0.357. The quantitative estimate of drug-likeness (QED) is 0.873. The molecule has 0 aliphatic carbocycles. The third-order valence-electron chi connectivity index (χ3n) is 3.41. The SMILES string of the molecule is Brc1ncccc1[C@H](c1cccs1)N1CCNCC1. The van der Waals surface area contributed by atoms with Gasteiger partial charge in [0.25, 0.3) is 0 Å². The molecule has 2 aromatic heterocycles. The summed E-state index contributed by atoms with van der Waals surface area (Å²) in [5, 5.41) is 5.56. The van der Waals surface area contributed by atoms with E-state index in [0.29, 0.717) is 6.04 Å². The number of hydrogen-bond donors (Lipinski definition) is 1. The Morgan fingerprint density at radius 3 is 2.79 bits per heavy atom. The maximum atomic E-state index is 4.38. The highest BCUT2D eigenvalue weighted by molar-refractivity contribution is 9.10. The molecular formula is C14H16BrN3S. The molecular weight excluding hydrogens is 322 g/mol. The molecule has 1 atom stereocenters. The summed E-state index contributed by atoms with van der Waals surface area (Å²) >= 11 is 5.42. The lowest BCUT2D eigenvalue weighted by molar-refractivity contribution is 0.200. The molecule has 1 aliphatic rings. The molecule has 3 nitrogen and oxygen atoms in total. The molecule has 1 aliphatic heterocycles. The van der Waals surface area contributed by atoms with Crippen molar-refractivity contribution in [3.8, 4) is 0 Å². The monoisotopic (exact) mass is 337 g/mol. The van der Waals surface area contributed by atoms with Crippen LogP contribution in [0.4, 0.5) is 0 Å². The van der Waals surface area contributed by atoms with E-state index in [4.69, 9.17) is 0 Å². The number of hydrogen-bond acceptors (Lipinski definition) is 4. The van der Waals surface area contributed by atoms with Gasteiger partial charge in [0.2, 0.25) is 0 Å². The van der Waals surface area contributed by atoms with Crippen molar-refractivity contribution in [1.82, 2.24) is 15.2 Å². The molecule has 1 N–H and O–H groups in total. The zero-order chi connectivity index (χ0) is 13.1. The van der Waals surface area contributed by atoms with Crippen molar-refractivity contribution in [2.24, 2.45) is 0 Å². The summed E-state index contributed by atoms with van der Waals surface area (Å²) in [6, 6.07) is 8.84. The second-order valence-corrected chi connectivity index (χ2v) is 6.32. The van der Waals surface area contributed by atoms with E-state index < -0.39 is 0 Å². The largest absolute Gasteiger partial charge is 0.314 e. The minimum atomic E-state index is 0.310. The van der Waals surface area contributed by atoms with Gasteiger partial charge < -0.3 is 5.32 Å². The molecule has 5 heteroatoms. The number of halogens is 1. The molecule has 2 aromatic rings. The molecule has 0 amide bonds. The number of nitrogens with one attached hydrogen (secondary N) is 1. The Kier molecular flexibility index (Phi) is 4.28. The Hall–Kier alpha value is -0.750. The van der Waals surface area contributed by atoms with Crippen molar-refractivity contribution in [2.45, 2.75) is 6.04 Å². The van der Waals surface area contributed by atoms with Gasteiger partial charge in [-0.25, -0.2) is 4.98 Å². The van der Waals surface area contributed by atoms with Crippen molar-refractivity contribution in [3.63, 3.8) is 0 Å². The van der Waals surface area contributed by atoms with Crippen molar-refractivity contribution in [2.75, 3.05) is 26.2 Å². The Bertz CT molecular complexity index is 523. The van der Waals surface area contributed by atoms with Crippen LogP contribution in [0.2, 0.25) is 0 Å². The van der Waals surface area contributed by atoms with Gasteiger partial charge in [-0.3, -0.25) is 4.90 Å². The summed E-state index contributed by atoms with van der Waals surface area (Å²) < 4.78 is 0.951. The van der Waals surface area contributed by atoms with E-state index in [0.717, 1.165) is 30.8 Å². The summed E-state index contributed by atoms with van der Waals surface area (Å²) in [5.74, 6) is 0. The third-order valence-corrected chi connectivity index (χ3v) is 5.00. The molecule has 0 spiro atoms. The first-order valence-electron chi connectivity index (χ1n) is 6.45. The molecule has 1 fully saturated rings. The minimum absolute atomic E-state index is 0.310. The Labute approximate surface area is 125 Å². The van der Waals surface area contributed by atoms with Crippen LogP contribution in [0.5, 0.6) is 0 Å². The van der Waals surface area contributed by atoms with E-state index >= 15 is 0 Å². The number of aromatic nitrogens is 1. The van der Waals surface area contributed by atoms with E-state index in [1.54, 1.807) is 0 Å². The van der Waals surface area contributed by atoms with Crippen LogP contribution < -0.4 is 5.32 Å². The highest BCUT2D eigenvalue weighted by atomic mass is 79.9. The van der Waals surface area contributed by atoms with Crippen LogP contribution in [-0.2, 0) is 0 Å². The van der Waals surface area contributed by atoms with E-state index in [1.165, 1.54) is 10.4 Å². The van der Waals surface area contributed by atoms with Crippen LogP contribution in [0.1, 0.15) is 16.5 Å². The van der Waals surface area contributed by atoms with Gasteiger partial charge in [0.1, 0.15) is 4.60 Å². The molecule has 1 saturated heterocycles. The second kappa shape index (κ2) is 6.13. The first-order chi connectivity index (χ1) is 9.36. The number of nitrogens with zero attached hydrogens (tertiary/aromatic N) is 2. The van der Waals surface area contributed by atoms with E-state index in [-0.39, 0.29) is 0 Å². The van der Waals surface area contributed by atoms with Gasteiger partial charge in [0, 0.05) is 42.8 Å². The summed E-state index contributed by atoms with van der Waals surface area (Å²) in [6.07, 6.45) is 1.83. The topological polar surface area (TPSA) is 28.2 Å². The Morgan fingerprint density at radius 1 is 1.26 bits per heavy atom. The molecule has 0 aromatic carbocycles. The van der Waals surface area contributed by atoms with Gasteiger partial charge in [0.05, 0.1) is 6.04 Å². The lowest BCUT2D eigenvalue weighted by Crippen LogP contribution is -2.45. The molecule has 0 radical (unpaired) electrons. The molecule has 0 unspecified atom stereocenters. The van der Waals surface area contributed by atoms with Crippen LogP contribution in [0.15, 0.2) is 40.4 Å². The molecule has 0 bridgehead atoms. The van der Waals surface area contributed by atoms with E-state index in [9.17, 15) is 0 Å². The van der Waals surface area contributed by atoms with Crippen LogP contribution in [0, 0.1) is 0 Å². The van der Waals surface area contributed by atoms with Crippen LogP contribution in [0.3, 0.4) is 0 Å². The van der Waals surface area contributed by atoms with Gasteiger partial charge in [-0.15, -0.1) is 11.3 Å². The van der Waals surface area contributed by atoms with E-state index in [2.05, 4.69) is 54.7 Å². The fourth-order valence-electron chi connectivity index (χ4n) is 2.52. The lowest BCUT2D eigenvalue weighted by atomic mass is 10.0. The predicted octanol–water partition coefficient (Wildman–Crippen LogP) is 2.90. The highest BCUT2D eigenvalue weighted by Gasteiger charge is 2.26. The number of thiophene rings is 1. The summed E-state index contributed by atoms with van der Waals surface area (Å²) in [6.45, 7) is 4.26. The first kappa shape index (κ1) is 13.2. The Morgan fingerprint density at radius 2 is 2.11 bits per heavy atom. The molecule has 100 valence electrons. The van der Waals surface area contributed by atoms with Crippen molar-refractivity contribution in [1.29, 1.82) is 0 Å². The molecule has 0 saturated carbocycles. The summed E-state index contributed by atoms with van der Waals surface area (Å²) in [7, 11) is 0. The normalized spacial score (nSPS) is 18.4. The Balaban J connectivity index is 1.99. The summed E-state index contributed by atoms with van der Waals surface area (Å²) in [5.41, 5.74) is 1.26. The van der Waals surface area contributed by atoms with Gasteiger partial charge in [-0.1, -0.05) is 12.1 Å². The summed E-state index contributed by atoms with van der Waals surface area (Å²) in [4.78, 5) is 8.30. The smallest absolute Gasteiger partial charge is 0.111 e. The lowest BCUT2D eigenvalue weighted by Gasteiger charge is -2.35. The van der Waals surface area contributed by atoms with Crippen molar-refractivity contribution < 1.29 is 0 Å². The van der Waals surface area contributed by atoms with Crippen LogP contribution in [0.25, 0.3) is 0 Å². The van der Waals surface area contributed by atoms with Gasteiger partial charge in [-0.2, -0.15) is 0 Å². The molecule has 3 heterocycles. The maximum absolute atomic E-state index is 4.38. The van der Waals surface area contributed by atoms with Crippen molar-refractivity contribution in [3.05, 3.63) is 50.9 Å². The minimum Gasteiger partial charge on any atom is -0.314 e. The van der Waals surface area contributed by atoms with Crippen molar-refractivity contribution >= 4 is 27.3 Å². The van der Waals surface area contributed by atoms with Gasteiger partial charge in [0.15, 0.2) is 0 Å². The van der Waals surface area contributed by atoms with E-state index in [1.807, 2.05) is 23.6 Å². The fourth-order valence-corrected chi connectivity index (χ4v) is 3.86. The zero-order valence-electron chi connectivity index (χ0n) is 10.6. The highest BCUT2D eigenvalue weighted by Crippen LogP contribution is 2.34. The van der Waals surface area contributed by atoms with Gasteiger partial charge in [-0.05, 0) is 33.4 Å². The average molecular weight is 338 g/mol. The average Bonchev–Trinajstić information content (AvgIpc) is 2.96. The number of pyridine rings is 1. The predicted molar refractivity (Wildman–Crippen MR) is 82.5 cm³/mol. The van der Waals surface area contributed by atoms with Crippen LogP contribution >= 0.6 is 27.3 Å². The first-order valence-corrected chi connectivity index (χ1v) is 8.12. The second-order valence-electron chi connectivity index (χ2n) is 4.59. The van der Waals surface area contributed by atoms with Crippen LogP contribution in [-0.4, -0.2) is 36.1 Å².